The van der Waals surface area contributed by atoms with E-state index in [0.717, 1.165) is 6.42 Å². The largest absolute Gasteiger partial charge is 0.481 e. The van der Waals surface area contributed by atoms with Crippen LogP contribution in [0.25, 0.3) is 0 Å². The van der Waals surface area contributed by atoms with Gasteiger partial charge >= 0.3 is 11.9 Å². The van der Waals surface area contributed by atoms with E-state index in [1.54, 1.807) is 6.92 Å². The molecule has 2 N–H and O–H groups in total. The van der Waals surface area contributed by atoms with Gasteiger partial charge in [0.25, 0.3) is 0 Å². The third-order valence-corrected chi connectivity index (χ3v) is 3.67. The lowest BCUT2D eigenvalue weighted by Gasteiger charge is -2.20. The number of fused-ring (bicyclic) bond motifs is 1. The SMILES string of the molecule is C[C@@]1(C(=O)O)CCC2C(C(=O)O)C21. The lowest BCUT2D eigenvalue weighted by molar-refractivity contribution is -0.150. The van der Waals surface area contributed by atoms with E-state index >= 15 is 0 Å². The Hall–Kier alpha value is -1.06. The molecule has 13 heavy (non-hydrogen) atoms. The molecule has 2 aliphatic rings. The number of hydrogen-bond donors (Lipinski definition) is 2. The molecule has 4 nitrogen and oxygen atoms in total. The summed E-state index contributed by atoms with van der Waals surface area (Å²) in [5.41, 5.74) is -0.784. The normalized spacial score (nSPS) is 47.0. The van der Waals surface area contributed by atoms with Gasteiger partial charge in [-0.1, -0.05) is 0 Å². The number of carboxylic acid groups (broad SMARTS) is 2. The molecule has 2 fully saturated rings. The molecular weight excluding hydrogens is 172 g/mol. The van der Waals surface area contributed by atoms with Gasteiger partial charge in [-0.15, -0.1) is 0 Å². The first-order chi connectivity index (χ1) is 5.98. The van der Waals surface area contributed by atoms with Crippen LogP contribution >= 0.6 is 0 Å². The quantitative estimate of drug-likeness (QED) is 0.666. The van der Waals surface area contributed by atoms with Gasteiger partial charge in [0.05, 0.1) is 11.3 Å². The van der Waals surface area contributed by atoms with Crippen LogP contribution in [-0.4, -0.2) is 22.2 Å². The zero-order chi connectivity index (χ0) is 9.80. The molecule has 2 rings (SSSR count). The van der Waals surface area contributed by atoms with Gasteiger partial charge in [0, 0.05) is 0 Å². The van der Waals surface area contributed by atoms with Gasteiger partial charge in [-0.3, -0.25) is 9.59 Å². The molecule has 0 aliphatic heterocycles. The summed E-state index contributed by atoms with van der Waals surface area (Å²) in [5.74, 6) is -2.07. The molecule has 0 aromatic rings. The van der Waals surface area contributed by atoms with Crippen LogP contribution in [0.1, 0.15) is 19.8 Å². The minimum absolute atomic E-state index is 0.123. The molecule has 3 unspecified atom stereocenters. The Bertz CT molecular complexity index is 285. The Morgan fingerprint density at radius 3 is 2.38 bits per heavy atom. The van der Waals surface area contributed by atoms with Gasteiger partial charge < -0.3 is 10.2 Å². The lowest BCUT2D eigenvalue weighted by atomic mass is 9.83. The highest BCUT2D eigenvalue weighted by Gasteiger charge is 2.69. The van der Waals surface area contributed by atoms with Gasteiger partial charge in [-0.25, -0.2) is 0 Å². The summed E-state index contributed by atoms with van der Waals surface area (Å²) >= 11 is 0. The highest BCUT2D eigenvalue weighted by Crippen LogP contribution is 2.66. The molecule has 72 valence electrons. The zero-order valence-electron chi connectivity index (χ0n) is 7.36. The monoisotopic (exact) mass is 184 g/mol. The first-order valence-corrected chi connectivity index (χ1v) is 4.44. The molecule has 0 bridgehead atoms. The Morgan fingerprint density at radius 2 is 2.00 bits per heavy atom. The van der Waals surface area contributed by atoms with Crippen molar-refractivity contribution in [1.82, 2.24) is 0 Å². The van der Waals surface area contributed by atoms with Crippen LogP contribution in [0.2, 0.25) is 0 Å². The Kier molecular flexibility index (Phi) is 1.47. The minimum atomic E-state index is -0.844. The molecule has 0 heterocycles. The molecule has 0 aromatic carbocycles. The van der Waals surface area contributed by atoms with E-state index < -0.39 is 23.3 Å². The van der Waals surface area contributed by atoms with Crippen molar-refractivity contribution in [2.24, 2.45) is 23.2 Å². The van der Waals surface area contributed by atoms with Crippen molar-refractivity contribution >= 4 is 11.9 Å². The fourth-order valence-corrected chi connectivity index (χ4v) is 2.82. The van der Waals surface area contributed by atoms with Crippen LogP contribution in [0.3, 0.4) is 0 Å². The summed E-state index contributed by atoms with van der Waals surface area (Å²) in [4.78, 5) is 21.6. The van der Waals surface area contributed by atoms with Gasteiger partial charge in [0.15, 0.2) is 0 Å². The van der Waals surface area contributed by atoms with E-state index in [1.165, 1.54) is 0 Å². The van der Waals surface area contributed by atoms with E-state index in [4.69, 9.17) is 10.2 Å². The standard InChI is InChI=1S/C9H12O4/c1-9(8(12)13)3-2-4-5(6(4)9)7(10)11/h4-6H,2-3H2,1H3,(H,10,11)(H,12,13)/t4?,5?,6?,9-/m1/s1. The molecule has 2 saturated carbocycles. The maximum atomic E-state index is 10.9. The number of rotatable bonds is 2. The van der Waals surface area contributed by atoms with Gasteiger partial charge in [0.1, 0.15) is 0 Å². The van der Waals surface area contributed by atoms with Crippen LogP contribution in [0, 0.1) is 23.2 Å². The summed E-state index contributed by atoms with van der Waals surface area (Å²) in [6.45, 7) is 1.67. The van der Waals surface area contributed by atoms with Crippen molar-refractivity contribution in [2.45, 2.75) is 19.8 Å². The molecular formula is C9H12O4. The number of hydrogen-bond acceptors (Lipinski definition) is 2. The minimum Gasteiger partial charge on any atom is -0.481 e. The van der Waals surface area contributed by atoms with E-state index in [9.17, 15) is 9.59 Å². The van der Waals surface area contributed by atoms with E-state index in [1.807, 2.05) is 0 Å². The topological polar surface area (TPSA) is 74.6 Å². The maximum Gasteiger partial charge on any atom is 0.309 e. The second-order valence-electron chi connectivity index (χ2n) is 4.31. The Morgan fingerprint density at radius 1 is 1.38 bits per heavy atom. The zero-order valence-corrected chi connectivity index (χ0v) is 7.36. The molecule has 0 saturated heterocycles. The summed E-state index contributed by atoms with van der Waals surface area (Å²) in [5, 5.41) is 17.8. The van der Waals surface area contributed by atoms with Crippen LogP contribution in [-0.2, 0) is 9.59 Å². The summed E-state index contributed by atoms with van der Waals surface area (Å²) in [6, 6.07) is 0. The maximum absolute atomic E-state index is 10.9. The first-order valence-electron chi connectivity index (χ1n) is 4.44. The third kappa shape index (κ3) is 0.913. The van der Waals surface area contributed by atoms with Crippen molar-refractivity contribution < 1.29 is 19.8 Å². The fraction of sp³-hybridized carbons (Fsp3) is 0.778. The summed E-state index contributed by atoms with van der Waals surface area (Å²) in [6.07, 6.45) is 1.38. The van der Waals surface area contributed by atoms with Crippen molar-refractivity contribution in [1.29, 1.82) is 0 Å². The fourth-order valence-electron chi connectivity index (χ4n) is 2.82. The lowest BCUT2D eigenvalue weighted by Crippen LogP contribution is -2.29. The van der Waals surface area contributed by atoms with Crippen molar-refractivity contribution in [2.75, 3.05) is 0 Å². The molecule has 4 atom stereocenters. The number of aliphatic carboxylic acids is 2. The molecule has 0 radical (unpaired) electrons. The molecule has 4 heteroatoms. The van der Waals surface area contributed by atoms with Gasteiger partial charge in [-0.05, 0) is 31.6 Å². The van der Waals surface area contributed by atoms with Gasteiger partial charge in [0.2, 0.25) is 0 Å². The summed E-state index contributed by atoms with van der Waals surface area (Å²) in [7, 11) is 0. The highest BCUT2D eigenvalue weighted by atomic mass is 16.4. The Labute approximate surface area is 75.6 Å². The third-order valence-electron chi connectivity index (χ3n) is 3.67. The average Bonchev–Trinajstić information content (AvgIpc) is 2.66. The van der Waals surface area contributed by atoms with E-state index in [0.29, 0.717) is 6.42 Å². The van der Waals surface area contributed by atoms with Crippen LogP contribution in [0.4, 0.5) is 0 Å². The van der Waals surface area contributed by atoms with Crippen molar-refractivity contribution in [3.05, 3.63) is 0 Å². The second kappa shape index (κ2) is 2.25. The second-order valence-corrected chi connectivity index (χ2v) is 4.31. The van der Waals surface area contributed by atoms with Crippen LogP contribution in [0.5, 0.6) is 0 Å². The average molecular weight is 184 g/mol. The predicted octanol–water partition coefficient (Wildman–Crippen LogP) is 0.818. The molecule has 0 amide bonds. The van der Waals surface area contributed by atoms with Crippen molar-refractivity contribution in [3.63, 3.8) is 0 Å². The highest BCUT2D eigenvalue weighted by molar-refractivity contribution is 5.81. The first kappa shape index (κ1) is 8.53. The van der Waals surface area contributed by atoms with Crippen molar-refractivity contribution in [3.8, 4) is 0 Å². The van der Waals surface area contributed by atoms with E-state index in [2.05, 4.69) is 0 Å². The molecule has 2 aliphatic carbocycles. The predicted molar refractivity (Wildman–Crippen MR) is 43.1 cm³/mol. The Balaban J connectivity index is 2.20. The number of carbonyl (C=O) groups is 2. The van der Waals surface area contributed by atoms with Crippen LogP contribution in [0.15, 0.2) is 0 Å². The van der Waals surface area contributed by atoms with Gasteiger partial charge in [-0.2, -0.15) is 0 Å². The summed E-state index contributed by atoms with van der Waals surface area (Å²) < 4.78 is 0. The molecule has 0 aromatic heterocycles. The van der Waals surface area contributed by atoms with Crippen LogP contribution < -0.4 is 0 Å². The van der Waals surface area contributed by atoms with E-state index in [-0.39, 0.29) is 11.8 Å². The number of carboxylic acids is 2. The molecule has 0 spiro atoms. The smallest absolute Gasteiger partial charge is 0.309 e.